The molecule has 0 radical (unpaired) electrons. The molecule has 2 aromatic carbocycles. The van der Waals surface area contributed by atoms with Gasteiger partial charge in [0.25, 0.3) is 0 Å². The second kappa shape index (κ2) is 8.93. The average Bonchev–Trinajstić information content (AvgIpc) is 3.10. The van der Waals surface area contributed by atoms with Gasteiger partial charge in [-0.05, 0) is 66.4 Å². The number of H-pyrrole nitrogens is 1. The number of amides is 1. The Hall–Kier alpha value is -2.77. The minimum Gasteiger partial charge on any atom is -0.379 e. The van der Waals surface area contributed by atoms with Gasteiger partial charge in [-0.25, -0.2) is 8.78 Å². The maximum absolute atomic E-state index is 13.9. The van der Waals surface area contributed by atoms with Gasteiger partial charge < -0.3 is 19.8 Å². The molecule has 2 N–H and O–H groups in total. The van der Waals surface area contributed by atoms with Crippen molar-refractivity contribution in [2.45, 2.75) is 31.4 Å². The molecule has 0 spiro atoms. The molecule has 3 aromatic rings. The molecule has 1 fully saturated rings. The number of aryl methyl sites for hydroxylation is 1. The number of benzene rings is 2. The fourth-order valence-corrected chi connectivity index (χ4v) is 4.00. The van der Waals surface area contributed by atoms with Crippen molar-refractivity contribution in [1.82, 2.24) is 10.3 Å². The molecule has 7 heteroatoms. The molecule has 1 aliphatic rings. The Morgan fingerprint density at radius 1 is 1.20 bits per heavy atom. The highest BCUT2D eigenvalue weighted by Gasteiger charge is 2.27. The van der Waals surface area contributed by atoms with Crippen LogP contribution in [-0.4, -0.2) is 43.4 Å². The van der Waals surface area contributed by atoms with Crippen molar-refractivity contribution in [3.63, 3.8) is 0 Å². The molecule has 0 unspecified atom stereocenters. The van der Waals surface area contributed by atoms with Gasteiger partial charge in [0.05, 0.1) is 18.8 Å². The molecule has 2 heterocycles. The molecule has 1 aromatic heterocycles. The van der Waals surface area contributed by atoms with E-state index in [0.29, 0.717) is 19.6 Å². The van der Waals surface area contributed by atoms with Crippen LogP contribution in [0.1, 0.15) is 18.4 Å². The second-order valence-electron chi connectivity index (χ2n) is 7.49. The number of carbonyl (C=O) groups excluding carboxylic acids is 1. The fourth-order valence-electron chi connectivity index (χ4n) is 4.00. The van der Waals surface area contributed by atoms with Crippen LogP contribution < -0.4 is 5.32 Å². The second-order valence-corrected chi connectivity index (χ2v) is 7.49. The number of fused-ring (bicyclic) bond motifs is 1. The number of hydrogen-bond acceptors (Lipinski definition) is 3. The van der Waals surface area contributed by atoms with Crippen LogP contribution in [-0.2, 0) is 20.7 Å². The fraction of sp³-hybridized carbons (Fsp3) is 0.348. The van der Waals surface area contributed by atoms with Crippen LogP contribution >= 0.6 is 0 Å². The van der Waals surface area contributed by atoms with Crippen molar-refractivity contribution in [1.29, 1.82) is 0 Å². The summed E-state index contributed by atoms with van der Waals surface area (Å²) in [5.74, 6) is -0.798. The third-order valence-corrected chi connectivity index (χ3v) is 5.55. The van der Waals surface area contributed by atoms with E-state index in [0.717, 1.165) is 34.1 Å². The summed E-state index contributed by atoms with van der Waals surface area (Å²) in [4.78, 5) is 15.9. The molecule has 30 heavy (non-hydrogen) atoms. The Morgan fingerprint density at radius 3 is 2.73 bits per heavy atom. The quantitative estimate of drug-likeness (QED) is 0.642. The van der Waals surface area contributed by atoms with Crippen LogP contribution in [0.4, 0.5) is 8.78 Å². The number of ether oxygens (including phenoxy) is 2. The standard InChI is InChI=1S/C23H24F2N2O3/c1-29-21-10-11-30-13-20(21)26-22(28)9-7-17-18-12-16(25)6-8-19(18)27-23(17)14-2-4-15(24)5-3-14/h2-6,8,12,20-21,27H,7,9-11,13H2,1H3,(H,26,28)/t20-,21-/m1/s1. The predicted molar refractivity (Wildman–Crippen MR) is 110 cm³/mol. The molecule has 4 rings (SSSR count). The molecule has 5 nitrogen and oxygen atoms in total. The van der Waals surface area contributed by atoms with Crippen LogP contribution in [0.2, 0.25) is 0 Å². The first-order chi connectivity index (χ1) is 14.5. The molecule has 0 saturated carbocycles. The molecule has 1 saturated heterocycles. The van der Waals surface area contributed by atoms with E-state index in [2.05, 4.69) is 10.3 Å². The topological polar surface area (TPSA) is 63.4 Å². The smallest absolute Gasteiger partial charge is 0.220 e. The van der Waals surface area contributed by atoms with E-state index < -0.39 is 0 Å². The Kier molecular flexibility index (Phi) is 6.11. The van der Waals surface area contributed by atoms with Gasteiger partial charge in [-0.1, -0.05) is 0 Å². The Balaban J connectivity index is 1.56. The number of hydrogen-bond donors (Lipinski definition) is 2. The number of nitrogens with one attached hydrogen (secondary N) is 2. The van der Waals surface area contributed by atoms with Crippen LogP contribution in [0.25, 0.3) is 22.2 Å². The summed E-state index contributed by atoms with van der Waals surface area (Å²) in [6.07, 6.45) is 1.30. The highest BCUT2D eigenvalue weighted by atomic mass is 19.1. The summed E-state index contributed by atoms with van der Waals surface area (Å²) in [5, 5.41) is 3.71. The van der Waals surface area contributed by atoms with Gasteiger partial charge in [0, 0.05) is 36.7 Å². The summed E-state index contributed by atoms with van der Waals surface area (Å²) >= 11 is 0. The highest BCUT2D eigenvalue weighted by molar-refractivity contribution is 5.91. The summed E-state index contributed by atoms with van der Waals surface area (Å²) in [6.45, 7) is 1.04. The zero-order valence-corrected chi connectivity index (χ0v) is 16.7. The SMILES string of the molecule is CO[C@@H]1CCOC[C@H]1NC(=O)CCc1c(-c2ccc(F)cc2)[nH]c2ccc(F)cc12. The summed E-state index contributed by atoms with van der Waals surface area (Å²) in [7, 11) is 1.63. The Labute approximate surface area is 173 Å². The monoisotopic (exact) mass is 414 g/mol. The van der Waals surface area contributed by atoms with E-state index in [1.165, 1.54) is 24.3 Å². The van der Waals surface area contributed by atoms with E-state index >= 15 is 0 Å². The van der Waals surface area contributed by atoms with Gasteiger partial charge in [-0.2, -0.15) is 0 Å². The van der Waals surface area contributed by atoms with Gasteiger partial charge in [0.1, 0.15) is 11.6 Å². The lowest BCUT2D eigenvalue weighted by Crippen LogP contribution is -2.50. The van der Waals surface area contributed by atoms with E-state index in [4.69, 9.17) is 9.47 Å². The van der Waals surface area contributed by atoms with Crippen LogP contribution in [0, 0.1) is 11.6 Å². The van der Waals surface area contributed by atoms with E-state index in [1.54, 1.807) is 25.3 Å². The molecule has 158 valence electrons. The third-order valence-electron chi connectivity index (χ3n) is 5.55. The molecule has 1 aliphatic heterocycles. The van der Waals surface area contributed by atoms with E-state index in [1.807, 2.05) is 0 Å². The lowest BCUT2D eigenvalue weighted by atomic mass is 10.0. The molecular weight excluding hydrogens is 390 g/mol. The number of rotatable bonds is 6. The number of aromatic amines is 1. The van der Waals surface area contributed by atoms with Crippen LogP contribution in [0.5, 0.6) is 0 Å². The maximum atomic E-state index is 13.9. The zero-order valence-electron chi connectivity index (χ0n) is 16.7. The van der Waals surface area contributed by atoms with E-state index in [9.17, 15) is 13.6 Å². The number of carbonyl (C=O) groups is 1. The van der Waals surface area contributed by atoms with Gasteiger partial charge in [0.2, 0.25) is 5.91 Å². The number of aromatic nitrogens is 1. The molecule has 2 atom stereocenters. The maximum Gasteiger partial charge on any atom is 0.220 e. The summed E-state index contributed by atoms with van der Waals surface area (Å²) in [6, 6.07) is 10.4. The third kappa shape index (κ3) is 4.37. The predicted octanol–water partition coefficient (Wildman–Crippen LogP) is 3.97. The zero-order chi connectivity index (χ0) is 21.1. The molecule has 0 aliphatic carbocycles. The van der Waals surface area contributed by atoms with Crippen molar-refractivity contribution in [3.8, 4) is 11.3 Å². The first-order valence-electron chi connectivity index (χ1n) is 10.0. The minimum absolute atomic E-state index is 0.0698. The van der Waals surface area contributed by atoms with Crippen molar-refractivity contribution < 1.29 is 23.0 Å². The lowest BCUT2D eigenvalue weighted by molar-refractivity contribution is -0.125. The highest BCUT2D eigenvalue weighted by Crippen LogP contribution is 2.32. The Morgan fingerprint density at radius 2 is 1.97 bits per heavy atom. The average molecular weight is 414 g/mol. The van der Waals surface area contributed by atoms with Crippen LogP contribution in [0.15, 0.2) is 42.5 Å². The van der Waals surface area contributed by atoms with Gasteiger partial charge in [0.15, 0.2) is 0 Å². The summed E-state index contributed by atoms with van der Waals surface area (Å²) < 4.78 is 38.2. The van der Waals surface area contributed by atoms with Crippen molar-refractivity contribution in [2.75, 3.05) is 20.3 Å². The molecular formula is C23H24F2N2O3. The van der Waals surface area contributed by atoms with Gasteiger partial charge >= 0.3 is 0 Å². The first-order valence-corrected chi connectivity index (χ1v) is 10.0. The molecule has 0 bridgehead atoms. The van der Waals surface area contributed by atoms with Crippen molar-refractivity contribution in [3.05, 3.63) is 59.7 Å². The van der Waals surface area contributed by atoms with Crippen molar-refractivity contribution in [2.24, 2.45) is 0 Å². The minimum atomic E-state index is -0.347. The number of halogens is 2. The van der Waals surface area contributed by atoms with Crippen molar-refractivity contribution >= 4 is 16.8 Å². The van der Waals surface area contributed by atoms with Gasteiger partial charge in [-0.3, -0.25) is 4.79 Å². The first kappa shape index (κ1) is 20.5. The number of methoxy groups -OCH3 is 1. The van der Waals surface area contributed by atoms with Gasteiger partial charge in [-0.15, -0.1) is 0 Å². The molecule has 1 amide bonds. The van der Waals surface area contributed by atoms with E-state index in [-0.39, 0.29) is 36.1 Å². The Bertz CT molecular complexity index is 1030. The summed E-state index contributed by atoms with van der Waals surface area (Å²) in [5.41, 5.74) is 3.14. The van der Waals surface area contributed by atoms with Crippen LogP contribution in [0.3, 0.4) is 0 Å². The normalized spacial score (nSPS) is 19.2. The largest absolute Gasteiger partial charge is 0.379 e. The lowest BCUT2D eigenvalue weighted by Gasteiger charge is -2.31.